The van der Waals surface area contributed by atoms with E-state index >= 15 is 0 Å². The highest BCUT2D eigenvalue weighted by molar-refractivity contribution is 7.13. The van der Waals surface area contributed by atoms with E-state index in [1.165, 1.54) is 11.3 Å². The zero-order valence-corrected chi connectivity index (χ0v) is 8.19. The fraction of sp³-hybridized carbons (Fsp3) is 0.125. The van der Waals surface area contributed by atoms with Gasteiger partial charge in [0.1, 0.15) is 11.4 Å². The molecule has 0 aliphatic carbocycles. The Bertz CT molecular complexity index is 451. The van der Waals surface area contributed by atoms with Crippen LogP contribution in [0.4, 0.5) is 10.2 Å². The third-order valence-corrected chi connectivity index (χ3v) is 2.72. The maximum absolute atomic E-state index is 13.3. The molecule has 0 atom stereocenters. The van der Waals surface area contributed by atoms with Crippen molar-refractivity contribution in [3.8, 4) is 16.3 Å². The van der Waals surface area contributed by atoms with Crippen molar-refractivity contribution in [1.29, 1.82) is 0 Å². The number of aromatic nitrogens is 2. The summed E-state index contributed by atoms with van der Waals surface area (Å²) in [4.78, 5) is 0.712. The van der Waals surface area contributed by atoms with E-state index in [0.29, 0.717) is 16.3 Å². The molecule has 2 aromatic rings. The van der Waals surface area contributed by atoms with Crippen LogP contribution in [-0.2, 0) is 0 Å². The molecule has 0 radical (unpaired) electrons. The summed E-state index contributed by atoms with van der Waals surface area (Å²) in [5, 5.41) is 7.89. The smallest absolute Gasteiger partial charge is 0.193 e. The molecule has 0 aliphatic rings. The average molecular weight is 213 g/mol. The molecule has 2 heterocycles. The Morgan fingerprint density at radius 2 is 2.43 bits per heavy atom. The van der Waals surface area contributed by atoms with E-state index < -0.39 is 5.82 Å². The fourth-order valence-electron chi connectivity index (χ4n) is 1.06. The minimum Gasteiger partial charge on any atom is -0.496 e. The van der Waals surface area contributed by atoms with Gasteiger partial charge in [0.15, 0.2) is 11.6 Å². The average Bonchev–Trinajstić information content (AvgIpc) is 2.75. The number of halogens is 1. The van der Waals surface area contributed by atoms with Crippen LogP contribution in [-0.4, -0.2) is 17.3 Å². The molecule has 0 unspecified atom stereocenters. The Labute approximate surface area is 83.5 Å². The van der Waals surface area contributed by atoms with E-state index in [1.807, 2.05) is 0 Å². The van der Waals surface area contributed by atoms with Gasteiger partial charge in [0.05, 0.1) is 12.0 Å². The first-order chi connectivity index (χ1) is 6.72. The normalized spacial score (nSPS) is 10.4. The van der Waals surface area contributed by atoms with E-state index in [-0.39, 0.29) is 5.82 Å². The topological polar surface area (TPSA) is 63.9 Å². The molecule has 3 N–H and O–H groups in total. The van der Waals surface area contributed by atoms with Crippen LogP contribution in [0.5, 0.6) is 5.75 Å². The zero-order valence-electron chi connectivity index (χ0n) is 7.37. The number of methoxy groups -OCH3 is 1. The molecule has 0 spiro atoms. The molecule has 4 nitrogen and oxygen atoms in total. The van der Waals surface area contributed by atoms with Crippen molar-refractivity contribution < 1.29 is 9.13 Å². The summed E-state index contributed by atoms with van der Waals surface area (Å²) in [7, 11) is 1.56. The Kier molecular flexibility index (Phi) is 2.12. The summed E-state index contributed by atoms with van der Waals surface area (Å²) >= 11 is 1.36. The number of nitrogens with one attached hydrogen (secondary N) is 1. The van der Waals surface area contributed by atoms with Crippen molar-refractivity contribution in [3.05, 3.63) is 17.3 Å². The highest BCUT2D eigenvalue weighted by Gasteiger charge is 2.13. The van der Waals surface area contributed by atoms with E-state index in [2.05, 4.69) is 10.2 Å². The second kappa shape index (κ2) is 3.30. The van der Waals surface area contributed by atoms with Gasteiger partial charge in [-0.2, -0.15) is 5.10 Å². The number of nitrogen functional groups attached to an aromatic ring is 1. The van der Waals surface area contributed by atoms with Gasteiger partial charge in [-0.15, -0.1) is 11.3 Å². The van der Waals surface area contributed by atoms with Gasteiger partial charge in [-0.25, -0.2) is 4.39 Å². The number of rotatable bonds is 2. The van der Waals surface area contributed by atoms with Gasteiger partial charge < -0.3 is 10.5 Å². The lowest BCUT2D eigenvalue weighted by atomic mass is 10.3. The van der Waals surface area contributed by atoms with Crippen LogP contribution in [0.3, 0.4) is 0 Å². The van der Waals surface area contributed by atoms with E-state index in [1.54, 1.807) is 18.6 Å². The maximum Gasteiger partial charge on any atom is 0.193 e. The van der Waals surface area contributed by atoms with Crippen LogP contribution in [0.1, 0.15) is 0 Å². The van der Waals surface area contributed by atoms with Crippen LogP contribution < -0.4 is 10.5 Å². The van der Waals surface area contributed by atoms with Gasteiger partial charge in [0.25, 0.3) is 0 Å². The summed E-state index contributed by atoms with van der Waals surface area (Å²) in [6, 6.07) is 1.72. The highest BCUT2D eigenvalue weighted by Crippen LogP contribution is 2.32. The summed E-state index contributed by atoms with van der Waals surface area (Å²) in [6.45, 7) is 0. The van der Waals surface area contributed by atoms with Crippen molar-refractivity contribution in [2.24, 2.45) is 0 Å². The molecule has 2 rings (SSSR count). The van der Waals surface area contributed by atoms with Crippen molar-refractivity contribution in [2.45, 2.75) is 0 Å². The van der Waals surface area contributed by atoms with Gasteiger partial charge in [-0.3, -0.25) is 5.10 Å². The number of ether oxygens (including phenoxy) is 1. The van der Waals surface area contributed by atoms with Gasteiger partial charge >= 0.3 is 0 Å². The quantitative estimate of drug-likeness (QED) is 0.800. The third kappa shape index (κ3) is 1.33. The number of aromatic amines is 1. The van der Waals surface area contributed by atoms with Gasteiger partial charge in [-0.05, 0) is 0 Å². The van der Waals surface area contributed by atoms with Gasteiger partial charge in [-0.1, -0.05) is 0 Å². The number of nitrogens with two attached hydrogens (primary N) is 1. The van der Waals surface area contributed by atoms with E-state index in [4.69, 9.17) is 10.5 Å². The molecule has 0 bridgehead atoms. The van der Waals surface area contributed by atoms with E-state index in [0.717, 1.165) is 0 Å². The van der Waals surface area contributed by atoms with Gasteiger partial charge in [0.2, 0.25) is 0 Å². The second-order valence-corrected chi connectivity index (χ2v) is 3.56. The fourth-order valence-corrected chi connectivity index (χ4v) is 1.91. The lowest BCUT2D eigenvalue weighted by Crippen LogP contribution is -1.86. The lowest BCUT2D eigenvalue weighted by molar-refractivity contribution is 0.417. The minimum atomic E-state index is -0.519. The molecular weight excluding hydrogens is 205 g/mol. The molecule has 0 saturated heterocycles. The Balaban J connectivity index is 2.44. The SMILES string of the molecule is COc1csc(-c2[nH]nc(N)c2F)c1. The number of thiophene rings is 1. The molecule has 14 heavy (non-hydrogen) atoms. The summed E-state index contributed by atoms with van der Waals surface area (Å²) in [5.74, 6) is 0.0550. The first-order valence-electron chi connectivity index (χ1n) is 3.84. The minimum absolute atomic E-state index is 0.118. The van der Waals surface area contributed by atoms with Crippen molar-refractivity contribution in [2.75, 3.05) is 12.8 Å². The molecular formula is C8H8FN3OS. The molecule has 0 aliphatic heterocycles. The van der Waals surface area contributed by atoms with Crippen molar-refractivity contribution in [1.82, 2.24) is 10.2 Å². The van der Waals surface area contributed by atoms with Crippen molar-refractivity contribution in [3.63, 3.8) is 0 Å². The van der Waals surface area contributed by atoms with Crippen LogP contribution in [0.25, 0.3) is 10.6 Å². The van der Waals surface area contributed by atoms with Crippen LogP contribution in [0, 0.1) is 5.82 Å². The number of hydrogen-bond donors (Lipinski definition) is 2. The molecule has 0 saturated carbocycles. The molecule has 0 aromatic carbocycles. The largest absolute Gasteiger partial charge is 0.496 e. The number of anilines is 1. The summed E-state index contributed by atoms with van der Waals surface area (Å²) in [5.41, 5.74) is 5.57. The Morgan fingerprint density at radius 3 is 2.93 bits per heavy atom. The summed E-state index contributed by atoms with van der Waals surface area (Å²) < 4.78 is 18.3. The monoisotopic (exact) mass is 213 g/mol. The molecule has 0 fully saturated rings. The third-order valence-electron chi connectivity index (χ3n) is 1.79. The number of nitrogens with zero attached hydrogens (tertiary/aromatic N) is 1. The zero-order chi connectivity index (χ0) is 10.1. The molecule has 2 aromatic heterocycles. The van der Waals surface area contributed by atoms with Crippen molar-refractivity contribution >= 4 is 17.2 Å². The lowest BCUT2D eigenvalue weighted by Gasteiger charge is -1.91. The summed E-state index contributed by atoms with van der Waals surface area (Å²) in [6.07, 6.45) is 0. The second-order valence-electron chi connectivity index (χ2n) is 2.65. The maximum atomic E-state index is 13.3. The Morgan fingerprint density at radius 1 is 1.64 bits per heavy atom. The predicted molar refractivity (Wildman–Crippen MR) is 52.8 cm³/mol. The molecule has 6 heteroatoms. The molecule has 74 valence electrons. The first-order valence-corrected chi connectivity index (χ1v) is 4.72. The predicted octanol–water partition coefficient (Wildman–Crippen LogP) is 1.87. The standard InChI is InChI=1S/C8H8FN3OS/c1-13-4-2-5(14-3-4)7-6(9)8(10)12-11-7/h2-3H,1H3,(H3,10,11,12). The Hall–Kier alpha value is -1.56. The van der Waals surface area contributed by atoms with E-state index in [9.17, 15) is 4.39 Å². The molecule has 0 amide bonds. The van der Waals surface area contributed by atoms with Crippen LogP contribution in [0.2, 0.25) is 0 Å². The number of H-pyrrole nitrogens is 1. The first kappa shape index (κ1) is 9.01. The van der Waals surface area contributed by atoms with Gasteiger partial charge in [0, 0.05) is 11.4 Å². The highest BCUT2D eigenvalue weighted by atomic mass is 32.1. The van der Waals surface area contributed by atoms with Crippen LogP contribution in [0.15, 0.2) is 11.4 Å². The van der Waals surface area contributed by atoms with Crippen LogP contribution >= 0.6 is 11.3 Å². The number of hydrogen-bond acceptors (Lipinski definition) is 4.